The van der Waals surface area contributed by atoms with Crippen molar-refractivity contribution in [3.8, 4) is 5.69 Å². The SMILES string of the molecule is CCc1nccn1-c1ccc(C2=NOC(CNC(=O)Cn3cc(C)nc3C)C2)cc1. The number of nitrogens with zero attached hydrogens (tertiary/aromatic N) is 5. The van der Waals surface area contributed by atoms with Gasteiger partial charge in [-0.2, -0.15) is 0 Å². The van der Waals surface area contributed by atoms with E-state index in [0.717, 1.165) is 40.7 Å². The second kappa shape index (κ2) is 8.52. The van der Waals surface area contributed by atoms with Gasteiger partial charge in [-0.15, -0.1) is 0 Å². The molecule has 0 spiro atoms. The van der Waals surface area contributed by atoms with Crippen LogP contribution in [0.3, 0.4) is 0 Å². The standard InChI is InChI=1S/C22H26N6O2/c1-4-21-23-9-10-28(21)18-7-5-17(6-8-18)20-11-19(30-26-20)12-24-22(29)14-27-13-15(2)25-16(27)3/h5-10,13,19H,4,11-12,14H2,1-3H3,(H,24,29). The zero-order chi connectivity index (χ0) is 21.1. The summed E-state index contributed by atoms with van der Waals surface area (Å²) in [6.45, 7) is 6.57. The summed E-state index contributed by atoms with van der Waals surface area (Å²) >= 11 is 0. The molecule has 0 radical (unpaired) electrons. The van der Waals surface area contributed by atoms with E-state index in [1.807, 2.05) is 49.1 Å². The number of carbonyl (C=O) groups is 1. The summed E-state index contributed by atoms with van der Waals surface area (Å²) in [6, 6.07) is 8.20. The monoisotopic (exact) mass is 406 g/mol. The third-order valence-corrected chi connectivity index (χ3v) is 5.18. The van der Waals surface area contributed by atoms with E-state index in [4.69, 9.17) is 4.84 Å². The molecule has 0 aliphatic carbocycles. The van der Waals surface area contributed by atoms with Gasteiger partial charge in [0, 0.05) is 37.1 Å². The first-order chi connectivity index (χ1) is 14.5. The largest absolute Gasteiger partial charge is 0.390 e. The number of imidazole rings is 2. The molecular weight excluding hydrogens is 380 g/mol. The topological polar surface area (TPSA) is 86.3 Å². The minimum atomic E-state index is -0.158. The van der Waals surface area contributed by atoms with Crippen LogP contribution in [0.1, 0.15) is 36.3 Å². The quantitative estimate of drug-likeness (QED) is 0.653. The average Bonchev–Trinajstić information content (AvgIpc) is 3.47. The molecule has 0 saturated carbocycles. The smallest absolute Gasteiger partial charge is 0.240 e. The maximum atomic E-state index is 12.2. The highest BCUT2D eigenvalue weighted by Crippen LogP contribution is 2.19. The highest BCUT2D eigenvalue weighted by atomic mass is 16.6. The lowest BCUT2D eigenvalue weighted by molar-refractivity contribution is -0.122. The van der Waals surface area contributed by atoms with E-state index in [1.54, 1.807) is 0 Å². The Morgan fingerprint density at radius 2 is 2.07 bits per heavy atom. The molecule has 3 aromatic rings. The summed E-state index contributed by atoms with van der Waals surface area (Å²) in [5.74, 6) is 1.79. The molecule has 1 aliphatic heterocycles. The van der Waals surface area contributed by atoms with Crippen molar-refractivity contribution in [1.82, 2.24) is 24.4 Å². The van der Waals surface area contributed by atoms with E-state index in [9.17, 15) is 4.79 Å². The van der Waals surface area contributed by atoms with Gasteiger partial charge in [0.1, 0.15) is 24.3 Å². The minimum absolute atomic E-state index is 0.0658. The highest BCUT2D eigenvalue weighted by Gasteiger charge is 2.23. The van der Waals surface area contributed by atoms with Gasteiger partial charge in [0.05, 0.1) is 18.0 Å². The van der Waals surface area contributed by atoms with E-state index < -0.39 is 0 Å². The summed E-state index contributed by atoms with van der Waals surface area (Å²) in [7, 11) is 0. The van der Waals surface area contributed by atoms with Crippen molar-refractivity contribution in [2.75, 3.05) is 6.54 Å². The number of amides is 1. The molecule has 0 fully saturated rings. The molecule has 8 nitrogen and oxygen atoms in total. The molecule has 0 saturated heterocycles. The van der Waals surface area contributed by atoms with Gasteiger partial charge in [0.2, 0.25) is 5.91 Å². The summed E-state index contributed by atoms with van der Waals surface area (Å²) < 4.78 is 3.92. The molecule has 1 amide bonds. The van der Waals surface area contributed by atoms with Crippen molar-refractivity contribution < 1.29 is 9.63 Å². The summed E-state index contributed by atoms with van der Waals surface area (Å²) in [6.07, 6.45) is 7.04. The zero-order valence-electron chi connectivity index (χ0n) is 17.5. The molecule has 1 N–H and O–H groups in total. The number of hydrogen-bond acceptors (Lipinski definition) is 5. The highest BCUT2D eigenvalue weighted by molar-refractivity contribution is 6.01. The minimum Gasteiger partial charge on any atom is -0.390 e. The van der Waals surface area contributed by atoms with Gasteiger partial charge in [-0.3, -0.25) is 4.79 Å². The number of benzene rings is 1. The molecule has 3 heterocycles. The van der Waals surface area contributed by atoms with Crippen molar-refractivity contribution in [3.05, 3.63) is 65.8 Å². The number of aromatic nitrogens is 4. The molecule has 1 unspecified atom stereocenters. The number of nitrogens with one attached hydrogen (secondary N) is 1. The lowest BCUT2D eigenvalue weighted by atomic mass is 10.0. The molecule has 156 valence electrons. The van der Waals surface area contributed by atoms with Crippen LogP contribution in [0.25, 0.3) is 5.69 Å². The van der Waals surface area contributed by atoms with Gasteiger partial charge in [0.25, 0.3) is 0 Å². The van der Waals surface area contributed by atoms with Crippen LogP contribution in [-0.4, -0.2) is 43.4 Å². The predicted octanol–water partition coefficient (Wildman–Crippen LogP) is 2.56. The van der Waals surface area contributed by atoms with Gasteiger partial charge in [-0.25, -0.2) is 9.97 Å². The van der Waals surface area contributed by atoms with Crippen LogP contribution < -0.4 is 5.32 Å². The number of oxime groups is 1. The normalized spacial score (nSPS) is 15.7. The first-order valence-electron chi connectivity index (χ1n) is 10.2. The van der Waals surface area contributed by atoms with Crippen LogP contribution in [0.5, 0.6) is 0 Å². The molecule has 2 aromatic heterocycles. The lowest BCUT2D eigenvalue weighted by Gasteiger charge is -2.11. The van der Waals surface area contributed by atoms with Crippen LogP contribution in [0.4, 0.5) is 0 Å². The van der Waals surface area contributed by atoms with E-state index in [2.05, 4.69) is 44.1 Å². The Hall–Kier alpha value is -3.42. The molecular formula is C22H26N6O2. The number of rotatable bonds is 7. The van der Waals surface area contributed by atoms with Crippen LogP contribution in [0, 0.1) is 13.8 Å². The molecule has 0 bridgehead atoms. The van der Waals surface area contributed by atoms with Gasteiger partial charge >= 0.3 is 0 Å². The summed E-state index contributed by atoms with van der Waals surface area (Å²) in [5, 5.41) is 7.15. The van der Waals surface area contributed by atoms with Crippen LogP contribution in [0.2, 0.25) is 0 Å². The number of aryl methyl sites for hydroxylation is 3. The fourth-order valence-electron chi connectivity index (χ4n) is 3.62. The Labute approximate surface area is 175 Å². The van der Waals surface area contributed by atoms with E-state index in [-0.39, 0.29) is 18.6 Å². The zero-order valence-corrected chi connectivity index (χ0v) is 17.5. The van der Waals surface area contributed by atoms with Crippen LogP contribution in [-0.2, 0) is 22.6 Å². The number of hydrogen-bond donors (Lipinski definition) is 1. The van der Waals surface area contributed by atoms with Crippen LogP contribution >= 0.6 is 0 Å². The first-order valence-corrected chi connectivity index (χ1v) is 10.2. The summed E-state index contributed by atoms with van der Waals surface area (Å²) in [4.78, 5) is 26.4. The molecule has 1 aromatic carbocycles. The first kappa shape index (κ1) is 19.9. The molecule has 1 atom stereocenters. The van der Waals surface area contributed by atoms with Gasteiger partial charge in [0.15, 0.2) is 0 Å². The Morgan fingerprint density at radius 3 is 2.77 bits per heavy atom. The second-order valence-electron chi connectivity index (χ2n) is 7.44. The maximum absolute atomic E-state index is 12.2. The van der Waals surface area contributed by atoms with Crippen LogP contribution in [0.15, 0.2) is 48.0 Å². The van der Waals surface area contributed by atoms with Crippen molar-refractivity contribution in [1.29, 1.82) is 0 Å². The van der Waals surface area contributed by atoms with Crippen molar-refractivity contribution >= 4 is 11.6 Å². The second-order valence-corrected chi connectivity index (χ2v) is 7.44. The van der Waals surface area contributed by atoms with Gasteiger partial charge in [-0.05, 0) is 31.5 Å². The van der Waals surface area contributed by atoms with E-state index in [1.165, 1.54) is 0 Å². The average molecular weight is 406 g/mol. The van der Waals surface area contributed by atoms with E-state index >= 15 is 0 Å². The third-order valence-electron chi connectivity index (χ3n) is 5.18. The summed E-state index contributed by atoms with van der Waals surface area (Å²) in [5.41, 5.74) is 3.89. The maximum Gasteiger partial charge on any atom is 0.240 e. The molecule has 30 heavy (non-hydrogen) atoms. The Kier molecular flexibility index (Phi) is 5.65. The number of carbonyl (C=O) groups excluding carboxylic acids is 1. The van der Waals surface area contributed by atoms with Crippen molar-refractivity contribution in [3.63, 3.8) is 0 Å². The molecule has 1 aliphatic rings. The van der Waals surface area contributed by atoms with E-state index in [0.29, 0.717) is 13.0 Å². The molecule has 8 heteroatoms. The fraction of sp³-hybridized carbons (Fsp3) is 0.364. The Bertz CT molecular complexity index is 1060. The Morgan fingerprint density at radius 1 is 1.27 bits per heavy atom. The third kappa shape index (κ3) is 4.27. The van der Waals surface area contributed by atoms with Crippen molar-refractivity contribution in [2.45, 2.75) is 46.3 Å². The fourth-order valence-corrected chi connectivity index (χ4v) is 3.62. The predicted molar refractivity (Wildman–Crippen MR) is 114 cm³/mol. The van der Waals surface area contributed by atoms with Crippen molar-refractivity contribution in [2.24, 2.45) is 5.16 Å². The Balaban J connectivity index is 1.30. The van der Waals surface area contributed by atoms with Gasteiger partial charge < -0.3 is 19.3 Å². The molecule has 4 rings (SSSR count). The lowest BCUT2D eigenvalue weighted by Crippen LogP contribution is -2.34. The van der Waals surface area contributed by atoms with Gasteiger partial charge in [-0.1, -0.05) is 24.2 Å².